The van der Waals surface area contributed by atoms with Crippen LogP contribution in [-0.2, 0) is 23.6 Å². The molecule has 2 aromatic heterocycles. The Kier molecular flexibility index (Phi) is 7.13. The van der Waals surface area contributed by atoms with Crippen molar-refractivity contribution in [3.05, 3.63) is 28.3 Å². The molecule has 0 aromatic carbocycles. The van der Waals surface area contributed by atoms with Crippen molar-refractivity contribution in [2.75, 3.05) is 14.2 Å². The predicted molar refractivity (Wildman–Crippen MR) is 86.6 cm³/mol. The van der Waals surface area contributed by atoms with Crippen LogP contribution in [-0.4, -0.2) is 62.9 Å². The molecule has 2 heterocycles. The summed E-state index contributed by atoms with van der Waals surface area (Å²) in [6.07, 6.45) is 3.03. The van der Waals surface area contributed by atoms with Crippen LogP contribution in [0.1, 0.15) is 21.0 Å². The van der Waals surface area contributed by atoms with Crippen molar-refractivity contribution in [3.63, 3.8) is 0 Å². The molecular weight excluding hydrogens is 387 g/mol. The third-order valence-corrected chi connectivity index (χ3v) is 3.26. The number of hydrogen-bond acceptors (Lipinski definition) is 8. The maximum Gasteiger partial charge on any atom is 0.492 e. The lowest BCUT2D eigenvalue weighted by molar-refractivity contribution is 0.0584. The van der Waals surface area contributed by atoms with Crippen LogP contribution in [0.2, 0.25) is 0 Å². The predicted octanol–water partition coefficient (Wildman–Crippen LogP) is -1.14. The summed E-state index contributed by atoms with van der Waals surface area (Å²) < 4.78 is 12.4. The molecule has 12 heteroatoms. The number of halogens is 1. The highest BCUT2D eigenvalue weighted by molar-refractivity contribution is 9.10. The molecule has 2 rings (SSSR count). The SMILES string of the molecule is COC(=O)c1nn(C)cc1B(O)O.COC(=O)c1nn(C)cc1Br. The fourth-order valence-corrected chi connectivity index (χ4v) is 2.18. The minimum atomic E-state index is -1.72. The maximum atomic E-state index is 11.0. The van der Waals surface area contributed by atoms with Gasteiger partial charge in [0.15, 0.2) is 11.4 Å². The first-order valence-electron chi connectivity index (χ1n) is 6.46. The van der Waals surface area contributed by atoms with E-state index in [1.54, 1.807) is 20.3 Å². The van der Waals surface area contributed by atoms with Crippen LogP contribution in [0.5, 0.6) is 0 Å². The van der Waals surface area contributed by atoms with E-state index in [1.165, 1.54) is 29.8 Å². The van der Waals surface area contributed by atoms with Gasteiger partial charge in [-0.2, -0.15) is 10.2 Å². The van der Waals surface area contributed by atoms with Crippen LogP contribution in [0, 0.1) is 0 Å². The van der Waals surface area contributed by atoms with E-state index in [2.05, 4.69) is 35.6 Å². The van der Waals surface area contributed by atoms with E-state index >= 15 is 0 Å². The number of carbonyl (C=O) groups is 2. The van der Waals surface area contributed by atoms with E-state index in [4.69, 9.17) is 10.0 Å². The summed E-state index contributed by atoms with van der Waals surface area (Å²) in [6.45, 7) is 0. The van der Waals surface area contributed by atoms with Crippen molar-refractivity contribution in [3.8, 4) is 0 Å². The second kappa shape index (κ2) is 8.61. The summed E-state index contributed by atoms with van der Waals surface area (Å²) in [6, 6.07) is 0. The number of nitrogens with zero attached hydrogens (tertiary/aromatic N) is 4. The Hall–Kier alpha value is -2.18. The average molecular weight is 403 g/mol. The second-order valence-electron chi connectivity index (χ2n) is 4.46. The number of esters is 2. The lowest BCUT2D eigenvalue weighted by atomic mass is 9.80. The van der Waals surface area contributed by atoms with Crippen molar-refractivity contribution < 1.29 is 29.1 Å². The van der Waals surface area contributed by atoms with Crippen molar-refractivity contribution in [1.29, 1.82) is 0 Å². The third kappa shape index (κ3) is 4.91. The Labute approximate surface area is 146 Å². The van der Waals surface area contributed by atoms with E-state index in [-0.39, 0.29) is 11.2 Å². The average Bonchev–Trinajstić information content (AvgIpc) is 3.08. The standard InChI is InChI=1S/C6H9BN2O4.C6H7BrN2O2/c1-9-3-4(7(11)12)5(8-9)6(10)13-2;1-9-3-4(7)5(8-9)6(10)11-2/h3,11-12H,1-2H3;3H,1-2H3. The zero-order valence-electron chi connectivity index (χ0n) is 13.4. The van der Waals surface area contributed by atoms with Crippen molar-refractivity contribution in [2.24, 2.45) is 14.1 Å². The number of aryl methyl sites for hydroxylation is 2. The summed E-state index contributed by atoms with van der Waals surface area (Å²) in [7, 11) is 4.10. The normalized spacial score (nSPS) is 9.79. The van der Waals surface area contributed by atoms with Gasteiger partial charge in [-0.1, -0.05) is 0 Å². The fourth-order valence-electron chi connectivity index (χ4n) is 1.65. The monoisotopic (exact) mass is 402 g/mol. The Bertz CT molecular complexity index is 729. The zero-order chi connectivity index (χ0) is 18.4. The van der Waals surface area contributed by atoms with Gasteiger partial charge < -0.3 is 19.5 Å². The number of carbonyl (C=O) groups excluding carboxylic acids is 2. The first kappa shape index (κ1) is 19.9. The highest BCUT2D eigenvalue weighted by Crippen LogP contribution is 2.14. The molecule has 0 bridgehead atoms. The van der Waals surface area contributed by atoms with E-state index in [9.17, 15) is 9.59 Å². The molecule has 0 aliphatic heterocycles. The first-order chi connectivity index (χ1) is 11.2. The van der Waals surface area contributed by atoms with E-state index in [0.29, 0.717) is 10.2 Å². The van der Waals surface area contributed by atoms with Crippen LogP contribution < -0.4 is 5.46 Å². The molecular formula is C12H16BBrN4O6. The van der Waals surface area contributed by atoms with Crippen LogP contribution in [0.4, 0.5) is 0 Å². The lowest BCUT2D eigenvalue weighted by Crippen LogP contribution is -2.33. The molecule has 0 fully saturated rings. The number of rotatable bonds is 3. The quantitative estimate of drug-likeness (QED) is 0.486. The fraction of sp³-hybridized carbons (Fsp3) is 0.333. The van der Waals surface area contributed by atoms with Crippen LogP contribution >= 0.6 is 15.9 Å². The molecule has 0 saturated carbocycles. The minimum Gasteiger partial charge on any atom is -0.464 e. The van der Waals surface area contributed by atoms with Crippen molar-refractivity contribution in [2.45, 2.75) is 0 Å². The van der Waals surface area contributed by atoms with Crippen molar-refractivity contribution in [1.82, 2.24) is 19.6 Å². The summed E-state index contributed by atoms with van der Waals surface area (Å²) in [5.74, 6) is -1.12. The Balaban J connectivity index is 0.000000243. The van der Waals surface area contributed by atoms with Gasteiger partial charge in [0.1, 0.15) is 0 Å². The third-order valence-electron chi connectivity index (χ3n) is 2.68. The van der Waals surface area contributed by atoms with Gasteiger partial charge in [-0.3, -0.25) is 9.36 Å². The van der Waals surface area contributed by atoms with Crippen molar-refractivity contribution >= 4 is 40.4 Å². The molecule has 0 aliphatic rings. The zero-order valence-corrected chi connectivity index (χ0v) is 15.0. The second-order valence-corrected chi connectivity index (χ2v) is 5.32. The Morgan fingerprint density at radius 1 is 1.04 bits per heavy atom. The Morgan fingerprint density at radius 2 is 1.50 bits per heavy atom. The smallest absolute Gasteiger partial charge is 0.464 e. The molecule has 130 valence electrons. The number of methoxy groups -OCH3 is 2. The summed E-state index contributed by atoms with van der Waals surface area (Å²) in [5.41, 5.74) is 0.254. The van der Waals surface area contributed by atoms with Gasteiger partial charge in [-0.25, -0.2) is 9.59 Å². The van der Waals surface area contributed by atoms with Gasteiger partial charge in [-0.15, -0.1) is 0 Å². The topological polar surface area (TPSA) is 129 Å². The summed E-state index contributed by atoms with van der Waals surface area (Å²) >= 11 is 3.17. The molecule has 0 unspecified atom stereocenters. The maximum absolute atomic E-state index is 11.0. The molecule has 2 aromatic rings. The molecule has 0 radical (unpaired) electrons. The molecule has 10 nitrogen and oxygen atoms in total. The van der Waals surface area contributed by atoms with Crippen LogP contribution in [0.3, 0.4) is 0 Å². The van der Waals surface area contributed by atoms with Crippen LogP contribution in [0.25, 0.3) is 0 Å². The molecule has 0 aliphatic carbocycles. The highest BCUT2D eigenvalue weighted by atomic mass is 79.9. The molecule has 0 spiro atoms. The van der Waals surface area contributed by atoms with Gasteiger partial charge in [0.05, 0.1) is 18.7 Å². The number of hydrogen-bond donors (Lipinski definition) is 2. The van der Waals surface area contributed by atoms with E-state index < -0.39 is 19.1 Å². The number of aromatic nitrogens is 4. The minimum absolute atomic E-state index is 0.0364. The largest absolute Gasteiger partial charge is 0.492 e. The van der Waals surface area contributed by atoms with Gasteiger partial charge in [-0.05, 0) is 15.9 Å². The molecule has 0 amide bonds. The highest BCUT2D eigenvalue weighted by Gasteiger charge is 2.24. The Morgan fingerprint density at radius 3 is 1.92 bits per heavy atom. The molecule has 0 atom stereocenters. The van der Waals surface area contributed by atoms with Crippen LogP contribution in [0.15, 0.2) is 16.9 Å². The molecule has 2 N–H and O–H groups in total. The lowest BCUT2D eigenvalue weighted by Gasteiger charge is -1.97. The van der Waals surface area contributed by atoms with Gasteiger partial charge in [0.25, 0.3) is 0 Å². The summed E-state index contributed by atoms with van der Waals surface area (Å²) in [4.78, 5) is 22.0. The number of ether oxygens (including phenoxy) is 2. The van der Waals surface area contributed by atoms with Gasteiger partial charge in [0.2, 0.25) is 0 Å². The van der Waals surface area contributed by atoms with E-state index in [1.807, 2.05) is 0 Å². The molecule has 0 saturated heterocycles. The first-order valence-corrected chi connectivity index (χ1v) is 7.26. The van der Waals surface area contributed by atoms with E-state index in [0.717, 1.165) is 0 Å². The van der Waals surface area contributed by atoms with Gasteiger partial charge in [0, 0.05) is 32.0 Å². The molecule has 24 heavy (non-hydrogen) atoms. The van der Waals surface area contributed by atoms with Gasteiger partial charge >= 0.3 is 19.1 Å². The summed E-state index contributed by atoms with van der Waals surface area (Å²) in [5, 5.41) is 25.3.